The van der Waals surface area contributed by atoms with E-state index >= 15 is 0 Å². The van der Waals surface area contributed by atoms with Crippen LogP contribution in [0.1, 0.15) is 162 Å². The Balaban J connectivity index is 0.000000281. The predicted octanol–water partition coefficient (Wildman–Crippen LogP) is 14.2. The Bertz CT molecular complexity index is 2120. The average molecular weight is 1370 g/mol. The molecular formula is C79H130O18. The summed E-state index contributed by atoms with van der Waals surface area (Å²) >= 11 is 0. The van der Waals surface area contributed by atoms with Gasteiger partial charge >= 0.3 is 29.8 Å². The van der Waals surface area contributed by atoms with Gasteiger partial charge in [0.05, 0.1) is 46.2 Å². The highest BCUT2D eigenvalue weighted by atomic mass is 16.6. The molecule has 11 saturated carbocycles. The molecule has 0 amide bonds. The van der Waals surface area contributed by atoms with Crippen LogP contribution in [0.3, 0.4) is 0 Å². The molecule has 17 atom stereocenters. The highest BCUT2D eigenvalue weighted by Crippen LogP contribution is 2.61. The van der Waals surface area contributed by atoms with Crippen molar-refractivity contribution in [1.82, 2.24) is 0 Å². The molecule has 0 aromatic rings. The summed E-state index contributed by atoms with van der Waals surface area (Å²) in [6.45, 7) is 29.4. The summed E-state index contributed by atoms with van der Waals surface area (Å²) in [5.41, 5.74) is 1.43. The van der Waals surface area contributed by atoms with Gasteiger partial charge in [-0.2, -0.15) is 0 Å². The van der Waals surface area contributed by atoms with Crippen LogP contribution in [0.15, 0.2) is 86.6 Å². The Morgan fingerprint density at radius 2 is 0.639 bits per heavy atom. The second kappa shape index (κ2) is 50.5. The smallest absolute Gasteiger partial charge is 0.333 e. The maximum atomic E-state index is 10.6. The van der Waals surface area contributed by atoms with E-state index in [4.69, 9.17) is 14.6 Å². The van der Waals surface area contributed by atoms with Gasteiger partial charge in [0.1, 0.15) is 33.0 Å². The van der Waals surface area contributed by atoms with Crippen LogP contribution in [0.2, 0.25) is 0 Å². The van der Waals surface area contributed by atoms with E-state index in [-0.39, 0.29) is 11.9 Å². The number of esters is 5. The molecule has 0 saturated heterocycles. The molecule has 554 valence electrons. The first-order valence-electron chi connectivity index (χ1n) is 36.4. The quantitative estimate of drug-likeness (QED) is 0.0224. The zero-order valence-electron chi connectivity index (χ0n) is 61.4. The van der Waals surface area contributed by atoms with Gasteiger partial charge in [0.25, 0.3) is 0 Å². The molecule has 12 aliphatic rings. The van der Waals surface area contributed by atoms with Gasteiger partial charge in [0, 0.05) is 72.0 Å². The van der Waals surface area contributed by atoms with E-state index in [1.54, 1.807) is 192 Å². The van der Waals surface area contributed by atoms with E-state index in [1.807, 2.05) is 0 Å². The highest BCUT2D eigenvalue weighted by Gasteiger charge is 2.51. The summed E-state index contributed by atoms with van der Waals surface area (Å²) in [7, 11) is 9.31. The van der Waals surface area contributed by atoms with Gasteiger partial charge < -0.3 is 61.9 Å². The largest absolute Gasteiger partial charge is 0.460 e. The molecule has 12 rings (SSSR count). The normalized spacial score (nSPS) is 29.2. The van der Waals surface area contributed by atoms with Crippen LogP contribution in [-0.2, 0) is 80.8 Å². The number of ether oxygens (including phenoxy) is 12. The number of allylic oxidation sites excluding steroid dienone is 2. The van der Waals surface area contributed by atoms with Gasteiger partial charge in [-0.05, 0) is 243 Å². The SMILES string of the molecule is C1=CC2C3CCC(C3)C2C1.C1CC2C3CCC(C3)C2C1.C1CC2C3CCC(C3)C2C1.C1CC2C3CCC(C3)C2C1.C=C(C)C(=O)OCCOC.C=C(C)C(=O)OCCOC.C=C(C)C(O)OCCOC.C=CC(=O)OCCOC.C=CC(=O)OCCOC.C=CC(=O)OCCOC. The van der Waals surface area contributed by atoms with Gasteiger partial charge in [0.2, 0.25) is 0 Å². The average Bonchev–Trinajstić information content (AvgIpc) is 1.66. The van der Waals surface area contributed by atoms with Gasteiger partial charge in [0.15, 0.2) is 6.29 Å². The molecule has 18 heteroatoms. The first kappa shape index (κ1) is 86.4. The van der Waals surface area contributed by atoms with Gasteiger partial charge in [-0.1, -0.05) is 70.9 Å². The van der Waals surface area contributed by atoms with Crippen LogP contribution in [-0.4, -0.2) is 163 Å². The van der Waals surface area contributed by atoms with E-state index < -0.39 is 24.2 Å². The van der Waals surface area contributed by atoms with Crippen LogP contribution in [0.25, 0.3) is 0 Å². The third-order valence-corrected chi connectivity index (χ3v) is 21.8. The van der Waals surface area contributed by atoms with Crippen molar-refractivity contribution in [3.63, 3.8) is 0 Å². The van der Waals surface area contributed by atoms with Crippen LogP contribution in [0.5, 0.6) is 0 Å². The zero-order valence-corrected chi connectivity index (χ0v) is 61.4. The lowest BCUT2D eigenvalue weighted by Crippen LogP contribution is -2.16. The second-order valence-electron chi connectivity index (χ2n) is 28.0. The molecule has 0 heterocycles. The number of hydrogen-bond acceptors (Lipinski definition) is 18. The first-order valence-corrected chi connectivity index (χ1v) is 36.4. The molecule has 0 aromatic carbocycles. The van der Waals surface area contributed by atoms with Crippen molar-refractivity contribution in [2.45, 2.75) is 168 Å². The Labute approximate surface area is 584 Å². The van der Waals surface area contributed by atoms with Gasteiger partial charge in [-0.25, -0.2) is 24.0 Å². The van der Waals surface area contributed by atoms with Crippen LogP contribution >= 0.6 is 0 Å². The molecule has 0 spiro atoms. The summed E-state index contributed by atoms with van der Waals surface area (Å²) in [6.07, 6.45) is 42.1. The fraction of sp³-hybridized carbons (Fsp3) is 0.759. The van der Waals surface area contributed by atoms with Crippen molar-refractivity contribution < 1.29 is 85.9 Å². The van der Waals surface area contributed by atoms with E-state index in [0.29, 0.717) is 96.0 Å². The lowest BCUT2D eigenvalue weighted by molar-refractivity contribution is -0.141. The van der Waals surface area contributed by atoms with Crippen molar-refractivity contribution >= 4 is 29.8 Å². The minimum absolute atomic E-state index is 0.293. The number of aliphatic hydroxyl groups excluding tert-OH is 1. The highest BCUT2D eigenvalue weighted by molar-refractivity contribution is 5.87. The lowest BCUT2D eigenvalue weighted by Gasteiger charge is -2.23. The molecule has 17 unspecified atom stereocenters. The number of carbonyl (C=O) groups excluding carboxylic acids is 5. The van der Waals surface area contributed by atoms with Crippen molar-refractivity contribution in [3.05, 3.63) is 86.6 Å². The number of carbonyl (C=O) groups is 5. The summed E-state index contributed by atoms with van der Waals surface area (Å²) in [4.78, 5) is 52.2. The minimum Gasteiger partial charge on any atom is -0.460 e. The van der Waals surface area contributed by atoms with Crippen molar-refractivity contribution in [2.24, 2.45) is 94.7 Å². The Kier molecular flexibility index (Phi) is 45.0. The molecule has 12 aliphatic carbocycles. The number of aliphatic hydroxyl groups is 1. The van der Waals surface area contributed by atoms with E-state index in [9.17, 15) is 24.0 Å². The van der Waals surface area contributed by atoms with E-state index in [1.165, 1.54) is 83.9 Å². The summed E-state index contributed by atoms with van der Waals surface area (Å²) in [5, 5.41) is 8.98. The summed E-state index contributed by atoms with van der Waals surface area (Å²) in [5.74, 6) is 16.8. The van der Waals surface area contributed by atoms with Crippen molar-refractivity contribution in [3.8, 4) is 0 Å². The molecule has 1 N–H and O–H groups in total. The Morgan fingerprint density at radius 3 is 0.897 bits per heavy atom. The van der Waals surface area contributed by atoms with E-state index in [2.05, 4.69) is 99.0 Å². The number of hydrogen-bond donors (Lipinski definition) is 1. The fourth-order valence-electron chi connectivity index (χ4n) is 17.5. The maximum absolute atomic E-state index is 10.6. The maximum Gasteiger partial charge on any atom is 0.333 e. The lowest BCUT2D eigenvalue weighted by atomic mass is 9.82. The van der Waals surface area contributed by atoms with Crippen LogP contribution in [0.4, 0.5) is 0 Å². The third kappa shape index (κ3) is 31.7. The van der Waals surface area contributed by atoms with Crippen molar-refractivity contribution in [2.75, 3.05) is 122 Å². The summed E-state index contributed by atoms with van der Waals surface area (Å²) < 4.78 is 55.8. The Hall–Kier alpha value is -4.79. The molecule has 97 heavy (non-hydrogen) atoms. The fourth-order valence-corrected chi connectivity index (χ4v) is 17.5. The van der Waals surface area contributed by atoms with Crippen LogP contribution in [0, 0.1) is 94.7 Å². The predicted molar refractivity (Wildman–Crippen MR) is 380 cm³/mol. The topological polar surface area (TPSA) is 216 Å². The monoisotopic (exact) mass is 1370 g/mol. The molecule has 11 fully saturated rings. The second-order valence-corrected chi connectivity index (χ2v) is 28.0. The third-order valence-electron chi connectivity index (χ3n) is 21.8. The van der Waals surface area contributed by atoms with E-state index in [0.717, 1.165) is 41.9 Å². The van der Waals surface area contributed by atoms with Crippen LogP contribution < -0.4 is 0 Å². The first-order chi connectivity index (χ1) is 46.8. The summed E-state index contributed by atoms with van der Waals surface area (Å²) in [6, 6.07) is 0. The molecule has 0 aliphatic heterocycles. The molecular weight excluding hydrogens is 1240 g/mol. The zero-order chi connectivity index (χ0) is 71.5. The number of rotatable bonds is 25. The number of fused-ring (bicyclic) bond motifs is 20. The standard InChI is InChI=1S/3C10H16.C10H14.C7H14O3.2C7H12O3.3C6H10O3/c4*1-2-9-7-4-5-8(6-7)10(9)3-1;3*1-6(2)7(8)10-5-4-9-3;3*1-3-6(7)9-5-4-8-2/h3*7-10H,1-6H2;1-2,7-10H,3-6H2;7-8H,1,4-5H2,2-3H3;2*1,4-5H2,2-3H3;3*3H,1,4-5H2,2H3. The minimum atomic E-state index is -0.852. The number of methoxy groups -OCH3 is 6. The molecule has 18 nitrogen and oxygen atoms in total. The van der Waals surface area contributed by atoms with Gasteiger partial charge in [-0.3, -0.25) is 0 Å². The Morgan fingerprint density at radius 1 is 0.381 bits per heavy atom. The van der Waals surface area contributed by atoms with Crippen molar-refractivity contribution in [1.29, 1.82) is 0 Å². The molecule has 8 bridgehead atoms. The molecule has 0 radical (unpaired) electrons. The van der Waals surface area contributed by atoms with Gasteiger partial charge in [-0.15, -0.1) is 0 Å². The molecule has 0 aromatic heterocycles.